The van der Waals surface area contributed by atoms with E-state index in [-0.39, 0.29) is 18.4 Å². The third kappa shape index (κ3) is 5.98. The van der Waals surface area contributed by atoms with E-state index in [1.54, 1.807) is 23.1 Å². The van der Waals surface area contributed by atoms with Crippen LogP contribution in [-0.2, 0) is 22.6 Å². The normalized spacial score (nSPS) is 11.7. The van der Waals surface area contributed by atoms with Crippen molar-refractivity contribution in [2.24, 2.45) is 0 Å². The van der Waals surface area contributed by atoms with Crippen LogP contribution < -0.4 is 5.32 Å². The van der Waals surface area contributed by atoms with Crippen molar-refractivity contribution in [2.75, 3.05) is 6.54 Å². The Morgan fingerprint density at radius 2 is 1.64 bits per heavy atom. The van der Waals surface area contributed by atoms with Crippen molar-refractivity contribution >= 4 is 35.0 Å². The smallest absolute Gasteiger partial charge is 0.243 e. The van der Waals surface area contributed by atoms with Crippen molar-refractivity contribution in [3.8, 4) is 0 Å². The molecule has 2 aromatic carbocycles. The molecule has 2 aromatic rings. The molecule has 0 heterocycles. The van der Waals surface area contributed by atoms with Crippen LogP contribution in [0.5, 0.6) is 0 Å². The first kappa shape index (κ1) is 22.3. The fourth-order valence-electron chi connectivity index (χ4n) is 3.06. The second kappa shape index (κ2) is 11.1. The third-order valence-corrected chi connectivity index (χ3v) is 5.18. The average molecular weight is 421 g/mol. The summed E-state index contributed by atoms with van der Waals surface area (Å²) in [6.07, 6.45) is 1.47. The lowest BCUT2D eigenvalue weighted by Crippen LogP contribution is -2.50. The van der Waals surface area contributed by atoms with Gasteiger partial charge in [0.25, 0.3) is 0 Å². The van der Waals surface area contributed by atoms with Crippen molar-refractivity contribution in [3.05, 3.63) is 69.7 Å². The van der Waals surface area contributed by atoms with Gasteiger partial charge in [0, 0.05) is 41.5 Å². The van der Waals surface area contributed by atoms with Crippen LogP contribution in [0.25, 0.3) is 0 Å². The molecule has 28 heavy (non-hydrogen) atoms. The molecule has 2 rings (SSSR count). The van der Waals surface area contributed by atoms with Crippen LogP contribution in [0.3, 0.4) is 0 Å². The van der Waals surface area contributed by atoms with Crippen LogP contribution in [0.2, 0.25) is 10.0 Å². The fraction of sp³-hybridized carbons (Fsp3) is 0.364. The molecule has 0 radical (unpaired) electrons. The predicted octanol–water partition coefficient (Wildman–Crippen LogP) is 4.87. The molecule has 0 fully saturated rings. The van der Waals surface area contributed by atoms with Gasteiger partial charge in [-0.2, -0.15) is 0 Å². The highest BCUT2D eigenvalue weighted by atomic mass is 35.5. The first-order chi connectivity index (χ1) is 13.5. The van der Waals surface area contributed by atoms with Gasteiger partial charge in [-0.3, -0.25) is 9.59 Å². The lowest BCUT2D eigenvalue weighted by molar-refractivity contribution is -0.141. The van der Waals surface area contributed by atoms with Crippen LogP contribution in [-0.4, -0.2) is 29.3 Å². The molecule has 4 nitrogen and oxygen atoms in total. The summed E-state index contributed by atoms with van der Waals surface area (Å²) < 4.78 is 0. The standard InChI is InChI=1S/C22H26Cl2N2O2/c1-3-9-21(27)26(15-17-18(23)12-8-13-19(17)24)20(22(28)25-4-2)14-16-10-6-5-7-11-16/h5-8,10-13,20H,3-4,9,14-15H2,1-2H3,(H,25,28)/t20-/m1/s1. The van der Waals surface area contributed by atoms with Gasteiger partial charge in [-0.05, 0) is 31.0 Å². The zero-order valence-electron chi connectivity index (χ0n) is 16.3. The first-order valence-electron chi connectivity index (χ1n) is 9.51. The topological polar surface area (TPSA) is 49.4 Å². The quantitative estimate of drug-likeness (QED) is 0.628. The van der Waals surface area contributed by atoms with Gasteiger partial charge in [-0.15, -0.1) is 0 Å². The first-order valence-corrected chi connectivity index (χ1v) is 10.3. The van der Waals surface area contributed by atoms with Crippen molar-refractivity contribution in [2.45, 2.75) is 45.7 Å². The van der Waals surface area contributed by atoms with Gasteiger partial charge in [0.2, 0.25) is 11.8 Å². The van der Waals surface area contributed by atoms with Crippen LogP contribution in [0.4, 0.5) is 0 Å². The van der Waals surface area contributed by atoms with E-state index < -0.39 is 6.04 Å². The Hall–Kier alpha value is -2.04. The molecule has 0 saturated heterocycles. The van der Waals surface area contributed by atoms with Crippen molar-refractivity contribution in [1.29, 1.82) is 0 Å². The molecule has 150 valence electrons. The highest BCUT2D eigenvalue weighted by molar-refractivity contribution is 6.36. The van der Waals surface area contributed by atoms with E-state index in [0.717, 1.165) is 5.56 Å². The molecule has 0 aliphatic heterocycles. The van der Waals surface area contributed by atoms with Gasteiger partial charge in [-0.25, -0.2) is 0 Å². The number of halogens is 2. The number of rotatable bonds is 9. The molecule has 1 atom stereocenters. The Kier molecular flexibility index (Phi) is 8.81. The molecular formula is C22H26Cl2N2O2. The Balaban J connectivity index is 2.42. The van der Waals surface area contributed by atoms with Gasteiger partial charge in [0.15, 0.2) is 0 Å². The summed E-state index contributed by atoms with van der Waals surface area (Å²) in [6.45, 7) is 4.48. The zero-order valence-corrected chi connectivity index (χ0v) is 17.8. The summed E-state index contributed by atoms with van der Waals surface area (Å²) in [5.74, 6) is -0.273. The molecule has 2 amide bonds. The Morgan fingerprint density at radius 3 is 2.21 bits per heavy atom. The Labute approximate surface area is 176 Å². The molecule has 0 aliphatic carbocycles. The van der Waals surface area contributed by atoms with E-state index in [0.29, 0.717) is 41.4 Å². The van der Waals surface area contributed by atoms with Gasteiger partial charge in [-0.1, -0.05) is 66.5 Å². The Morgan fingerprint density at radius 1 is 1.00 bits per heavy atom. The summed E-state index contributed by atoms with van der Waals surface area (Å²) in [5, 5.41) is 3.82. The predicted molar refractivity (Wildman–Crippen MR) is 115 cm³/mol. The number of benzene rings is 2. The van der Waals surface area contributed by atoms with Gasteiger partial charge in [0.05, 0.1) is 0 Å². The monoisotopic (exact) mass is 420 g/mol. The molecule has 6 heteroatoms. The van der Waals surface area contributed by atoms with E-state index in [2.05, 4.69) is 5.32 Å². The van der Waals surface area contributed by atoms with Crippen LogP contribution >= 0.6 is 23.2 Å². The summed E-state index contributed by atoms with van der Waals surface area (Å²) in [5.41, 5.74) is 1.64. The van der Waals surface area contributed by atoms with E-state index in [4.69, 9.17) is 23.2 Å². The second-order valence-electron chi connectivity index (χ2n) is 6.57. The highest BCUT2D eigenvalue weighted by Gasteiger charge is 2.30. The molecular weight excluding hydrogens is 395 g/mol. The number of hydrogen-bond donors (Lipinski definition) is 1. The van der Waals surface area contributed by atoms with Crippen LogP contribution in [0.1, 0.15) is 37.8 Å². The third-order valence-electron chi connectivity index (χ3n) is 4.48. The second-order valence-corrected chi connectivity index (χ2v) is 7.39. The maximum atomic E-state index is 13.0. The van der Waals surface area contributed by atoms with Crippen LogP contribution in [0.15, 0.2) is 48.5 Å². The molecule has 0 unspecified atom stereocenters. The maximum absolute atomic E-state index is 13.0. The van der Waals surface area contributed by atoms with Crippen LogP contribution in [0, 0.1) is 0 Å². The average Bonchev–Trinajstić information content (AvgIpc) is 2.67. The number of nitrogens with one attached hydrogen (secondary N) is 1. The minimum atomic E-state index is -0.645. The largest absolute Gasteiger partial charge is 0.355 e. The number of carbonyl (C=O) groups is 2. The number of likely N-dealkylation sites (N-methyl/N-ethyl adjacent to an activating group) is 1. The Bertz CT molecular complexity index is 776. The number of carbonyl (C=O) groups excluding carboxylic acids is 2. The summed E-state index contributed by atoms with van der Waals surface area (Å²) >= 11 is 12.7. The van der Waals surface area contributed by atoms with E-state index >= 15 is 0 Å². The summed E-state index contributed by atoms with van der Waals surface area (Å²) in [4.78, 5) is 27.5. The SMILES string of the molecule is CCCC(=O)N(Cc1c(Cl)cccc1Cl)[C@H](Cc1ccccc1)C(=O)NCC. The number of hydrogen-bond acceptors (Lipinski definition) is 2. The zero-order chi connectivity index (χ0) is 20.5. The minimum Gasteiger partial charge on any atom is -0.355 e. The lowest BCUT2D eigenvalue weighted by Gasteiger charge is -2.32. The number of nitrogens with zero attached hydrogens (tertiary/aromatic N) is 1. The molecule has 0 aromatic heterocycles. The fourth-order valence-corrected chi connectivity index (χ4v) is 3.57. The maximum Gasteiger partial charge on any atom is 0.243 e. The van der Waals surface area contributed by atoms with E-state index in [1.165, 1.54) is 0 Å². The van der Waals surface area contributed by atoms with E-state index in [1.807, 2.05) is 44.2 Å². The molecule has 0 aliphatic rings. The van der Waals surface area contributed by atoms with Crippen molar-refractivity contribution < 1.29 is 9.59 Å². The van der Waals surface area contributed by atoms with Gasteiger partial charge >= 0.3 is 0 Å². The summed E-state index contributed by atoms with van der Waals surface area (Å²) in [7, 11) is 0. The molecule has 0 saturated carbocycles. The summed E-state index contributed by atoms with van der Waals surface area (Å²) in [6, 6.07) is 14.3. The van der Waals surface area contributed by atoms with E-state index in [9.17, 15) is 9.59 Å². The minimum absolute atomic E-state index is 0.0920. The molecule has 0 bridgehead atoms. The molecule has 0 spiro atoms. The van der Waals surface area contributed by atoms with Crippen molar-refractivity contribution in [3.63, 3.8) is 0 Å². The molecule has 1 N–H and O–H groups in total. The van der Waals surface area contributed by atoms with Gasteiger partial charge < -0.3 is 10.2 Å². The number of amides is 2. The van der Waals surface area contributed by atoms with Gasteiger partial charge in [0.1, 0.15) is 6.04 Å². The van der Waals surface area contributed by atoms with Crippen molar-refractivity contribution in [1.82, 2.24) is 10.2 Å². The lowest BCUT2D eigenvalue weighted by atomic mass is 10.0. The highest BCUT2D eigenvalue weighted by Crippen LogP contribution is 2.27.